The molecule has 8 heteroatoms. The van der Waals surface area contributed by atoms with E-state index in [0.29, 0.717) is 12.1 Å². The van der Waals surface area contributed by atoms with Gasteiger partial charge in [-0.15, -0.1) is 11.3 Å². The van der Waals surface area contributed by atoms with Crippen molar-refractivity contribution in [1.82, 2.24) is 15.2 Å². The Labute approximate surface area is 169 Å². The Morgan fingerprint density at radius 2 is 1.75 bits per heavy atom. The van der Waals surface area contributed by atoms with Crippen molar-refractivity contribution in [2.45, 2.75) is 47.6 Å². The summed E-state index contributed by atoms with van der Waals surface area (Å²) < 4.78 is 7.27. The molecular weight excluding hydrogens is 378 g/mol. The fourth-order valence-corrected chi connectivity index (χ4v) is 4.14. The van der Waals surface area contributed by atoms with Crippen molar-refractivity contribution in [1.29, 1.82) is 0 Å². The number of hydrogen-bond donors (Lipinski definition) is 2. The van der Waals surface area contributed by atoms with Gasteiger partial charge in [0, 0.05) is 22.8 Å². The summed E-state index contributed by atoms with van der Waals surface area (Å²) in [5.74, 6) is -1.36. The minimum atomic E-state index is -0.697. The maximum Gasteiger partial charge on any atom is 0.341 e. The van der Waals surface area contributed by atoms with Gasteiger partial charge in [0.25, 0.3) is 5.91 Å². The Bertz CT molecular complexity index is 878. The zero-order chi connectivity index (χ0) is 21.0. The Hall–Kier alpha value is -2.61. The van der Waals surface area contributed by atoms with Gasteiger partial charge >= 0.3 is 5.97 Å². The van der Waals surface area contributed by atoms with E-state index in [1.807, 2.05) is 44.4 Å². The van der Waals surface area contributed by atoms with Gasteiger partial charge in [-0.3, -0.25) is 9.59 Å². The quantitative estimate of drug-likeness (QED) is 0.693. The van der Waals surface area contributed by atoms with Crippen LogP contribution in [0.5, 0.6) is 0 Å². The molecule has 2 N–H and O–H groups in total. The molecule has 1 atom stereocenters. The average Bonchev–Trinajstić information content (AvgIpc) is 3.11. The molecule has 2 heterocycles. The van der Waals surface area contributed by atoms with Crippen LogP contribution >= 0.6 is 11.3 Å². The summed E-state index contributed by atoms with van der Waals surface area (Å²) in [5, 5.41) is 5.93. The van der Waals surface area contributed by atoms with Crippen molar-refractivity contribution in [2.24, 2.45) is 0 Å². The third-order valence-electron chi connectivity index (χ3n) is 4.50. The smallest absolute Gasteiger partial charge is 0.341 e. The number of likely N-dealkylation sites (N-methyl/N-ethyl adjacent to an activating group) is 1. The average molecular weight is 406 g/mol. The maximum absolute atomic E-state index is 12.8. The summed E-state index contributed by atoms with van der Waals surface area (Å²) >= 11 is 1.52. The van der Waals surface area contributed by atoms with E-state index in [0.717, 1.165) is 26.8 Å². The fourth-order valence-electron chi connectivity index (χ4n) is 2.87. The molecule has 2 aromatic rings. The second kappa shape index (κ2) is 9.05. The Balaban J connectivity index is 2.13. The number of carbonyl (C=O) groups excluding carboxylic acids is 3. The minimum Gasteiger partial charge on any atom is -0.452 e. The highest BCUT2D eigenvalue weighted by molar-refractivity contribution is 7.15. The summed E-state index contributed by atoms with van der Waals surface area (Å²) in [6.45, 7) is 11.2. The molecule has 0 bridgehead atoms. The van der Waals surface area contributed by atoms with E-state index in [1.54, 1.807) is 13.8 Å². The fraction of sp³-hybridized carbons (Fsp3) is 0.450. The van der Waals surface area contributed by atoms with Crippen LogP contribution in [-0.4, -0.2) is 41.5 Å². The lowest BCUT2D eigenvalue weighted by atomic mass is 10.1. The number of hydrogen-bond acceptors (Lipinski definition) is 5. The van der Waals surface area contributed by atoms with Gasteiger partial charge in [0.2, 0.25) is 5.91 Å². The Morgan fingerprint density at radius 1 is 1.14 bits per heavy atom. The zero-order valence-electron chi connectivity index (χ0n) is 17.1. The molecule has 2 amide bonds. The number of thiophene rings is 1. The number of amides is 2. The highest BCUT2D eigenvalue weighted by Gasteiger charge is 2.24. The van der Waals surface area contributed by atoms with E-state index in [9.17, 15) is 14.4 Å². The number of aromatic nitrogens is 1. The second-order valence-electron chi connectivity index (χ2n) is 6.67. The first-order chi connectivity index (χ1) is 13.2. The standard InChI is InChI=1S/C20H27N3O4S/c1-7-21-18(25)14(5)22-16(24)10-27-20(26)17-13(4)15(6)28-19(17)23-11(2)8-9-12(23)3/h8-9,14H,7,10H2,1-6H3,(H,21,25)(H,22,24)/t14-/m0/s1. The lowest BCUT2D eigenvalue weighted by molar-refractivity contribution is -0.130. The largest absolute Gasteiger partial charge is 0.452 e. The third kappa shape index (κ3) is 4.62. The van der Waals surface area contributed by atoms with Gasteiger partial charge in [0.15, 0.2) is 6.61 Å². The van der Waals surface area contributed by atoms with Crippen LogP contribution in [0.2, 0.25) is 0 Å². The van der Waals surface area contributed by atoms with Gasteiger partial charge in [0.1, 0.15) is 11.0 Å². The monoisotopic (exact) mass is 405 g/mol. The number of rotatable bonds is 7. The summed E-state index contributed by atoms with van der Waals surface area (Å²) in [6, 6.07) is 3.28. The van der Waals surface area contributed by atoms with E-state index >= 15 is 0 Å². The highest BCUT2D eigenvalue weighted by Crippen LogP contribution is 2.33. The van der Waals surface area contributed by atoms with Crippen LogP contribution in [0.15, 0.2) is 12.1 Å². The predicted molar refractivity (Wildman–Crippen MR) is 109 cm³/mol. The molecule has 7 nitrogen and oxygen atoms in total. The van der Waals surface area contributed by atoms with Crippen LogP contribution in [0, 0.1) is 27.7 Å². The Morgan fingerprint density at radius 3 is 2.32 bits per heavy atom. The van der Waals surface area contributed by atoms with Gasteiger partial charge in [0.05, 0.1) is 5.56 Å². The lowest BCUT2D eigenvalue weighted by Crippen LogP contribution is -2.46. The molecule has 28 heavy (non-hydrogen) atoms. The molecule has 152 valence electrons. The molecule has 0 aromatic carbocycles. The normalized spacial score (nSPS) is 11.8. The molecule has 0 aliphatic rings. The van der Waals surface area contributed by atoms with E-state index < -0.39 is 24.5 Å². The van der Waals surface area contributed by atoms with E-state index in [2.05, 4.69) is 10.6 Å². The van der Waals surface area contributed by atoms with Crippen LogP contribution in [0.3, 0.4) is 0 Å². The molecule has 2 aromatic heterocycles. The second-order valence-corrected chi connectivity index (χ2v) is 7.88. The van der Waals surface area contributed by atoms with E-state index in [4.69, 9.17) is 4.74 Å². The summed E-state index contributed by atoms with van der Waals surface area (Å²) in [6.07, 6.45) is 0. The van der Waals surface area contributed by atoms with Crippen LogP contribution < -0.4 is 10.6 Å². The number of carbonyl (C=O) groups is 3. The van der Waals surface area contributed by atoms with Crippen molar-refractivity contribution in [3.8, 4) is 5.00 Å². The van der Waals surface area contributed by atoms with Gasteiger partial charge in [-0.05, 0) is 59.2 Å². The molecule has 0 aliphatic carbocycles. The molecule has 0 aliphatic heterocycles. The molecule has 0 spiro atoms. The van der Waals surface area contributed by atoms with Gasteiger partial charge < -0.3 is 19.9 Å². The number of esters is 1. The molecule has 0 fully saturated rings. The number of ether oxygens (including phenoxy) is 1. The lowest BCUT2D eigenvalue weighted by Gasteiger charge is -2.14. The van der Waals surface area contributed by atoms with Crippen LogP contribution in [0.4, 0.5) is 0 Å². The van der Waals surface area contributed by atoms with Gasteiger partial charge in [-0.1, -0.05) is 0 Å². The third-order valence-corrected chi connectivity index (χ3v) is 5.69. The van der Waals surface area contributed by atoms with Crippen LogP contribution in [0.1, 0.15) is 46.0 Å². The predicted octanol–water partition coefficient (Wildman–Crippen LogP) is 2.57. The van der Waals surface area contributed by atoms with Crippen molar-refractivity contribution >= 4 is 29.1 Å². The van der Waals surface area contributed by atoms with Crippen molar-refractivity contribution in [3.63, 3.8) is 0 Å². The topological polar surface area (TPSA) is 89.4 Å². The molecule has 0 radical (unpaired) electrons. The summed E-state index contributed by atoms with van der Waals surface area (Å²) in [5.41, 5.74) is 3.34. The molecule has 0 saturated carbocycles. The zero-order valence-corrected chi connectivity index (χ0v) is 18.0. The molecular formula is C20H27N3O4S. The number of aryl methyl sites for hydroxylation is 3. The first kappa shape index (κ1) is 21.7. The van der Waals surface area contributed by atoms with E-state index in [1.165, 1.54) is 11.3 Å². The highest BCUT2D eigenvalue weighted by atomic mass is 32.1. The van der Waals surface area contributed by atoms with Crippen molar-refractivity contribution in [3.05, 3.63) is 39.5 Å². The van der Waals surface area contributed by atoms with Crippen molar-refractivity contribution < 1.29 is 19.1 Å². The van der Waals surface area contributed by atoms with Crippen LogP contribution in [0.25, 0.3) is 5.00 Å². The molecule has 2 rings (SSSR count). The first-order valence-corrected chi connectivity index (χ1v) is 9.98. The summed E-state index contributed by atoms with van der Waals surface area (Å²) in [4.78, 5) is 37.5. The van der Waals surface area contributed by atoms with Crippen molar-refractivity contribution in [2.75, 3.05) is 13.2 Å². The SMILES string of the molecule is CCNC(=O)[C@H](C)NC(=O)COC(=O)c1c(-n2c(C)ccc2C)sc(C)c1C. The minimum absolute atomic E-state index is 0.285. The molecule has 0 unspecified atom stereocenters. The van der Waals surface area contributed by atoms with Gasteiger partial charge in [-0.2, -0.15) is 0 Å². The first-order valence-electron chi connectivity index (χ1n) is 9.16. The van der Waals surface area contributed by atoms with Crippen LogP contribution in [-0.2, 0) is 14.3 Å². The summed E-state index contributed by atoms with van der Waals surface area (Å²) in [7, 11) is 0. The number of nitrogens with zero attached hydrogens (tertiary/aromatic N) is 1. The van der Waals surface area contributed by atoms with E-state index in [-0.39, 0.29) is 5.91 Å². The van der Waals surface area contributed by atoms with Gasteiger partial charge in [-0.25, -0.2) is 4.79 Å². The Kier molecular flexibility index (Phi) is 7.01. The maximum atomic E-state index is 12.8. The molecule has 0 saturated heterocycles. The number of nitrogens with one attached hydrogen (secondary N) is 2.